The van der Waals surface area contributed by atoms with Crippen molar-refractivity contribution in [2.24, 2.45) is 5.92 Å². The van der Waals surface area contributed by atoms with Crippen molar-refractivity contribution in [3.05, 3.63) is 85.0 Å². The number of benzene rings is 2. The van der Waals surface area contributed by atoms with Gasteiger partial charge in [-0.3, -0.25) is 0 Å². The lowest BCUT2D eigenvalue weighted by Crippen LogP contribution is -2.29. The molecule has 0 amide bonds. The fourth-order valence-corrected chi connectivity index (χ4v) is 5.68. The second kappa shape index (κ2) is 11.9. The van der Waals surface area contributed by atoms with Crippen molar-refractivity contribution in [3.8, 4) is 11.5 Å². The van der Waals surface area contributed by atoms with Crippen LogP contribution in [0.3, 0.4) is 0 Å². The molecule has 3 unspecified atom stereocenters. The van der Waals surface area contributed by atoms with Crippen molar-refractivity contribution in [1.82, 2.24) is 0 Å². The zero-order valence-electron chi connectivity index (χ0n) is 20.7. The third-order valence-corrected chi connectivity index (χ3v) is 7.31. The highest BCUT2D eigenvalue weighted by atomic mass is 16.6. The fraction of sp³-hybridized carbons (Fsp3) is 0.400. The van der Waals surface area contributed by atoms with Gasteiger partial charge in [-0.1, -0.05) is 37.4 Å². The summed E-state index contributed by atoms with van der Waals surface area (Å²) in [5.74, 6) is 1.94. The highest BCUT2D eigenvalue weighted by Gasteiger charge is 2.46. The molecular formula is C30H34O6. The first-order valence-electron chi connectivity index (χ1n) is 12.6. The molecule has 0 N–H and O–H groups in total. The quantitative estimate of drug-likeness (QED) is 0.222. The number of fused-ring (bicyclic) bond motifs is 2. The number of hydrogen-bond donors (Lipinski definition) is 0. The van der Waals surface area contributed by atoms with Crippen LogP contribution in [0.2, 0.25) is 0 Å². The molecule has 3 atom stereocenters. The van der Waals surface area contributed by atoms with Gasteiger partial charge in [0.1, 0.15) is 37.9 Å². The molecule has 0 radical (unpaired) electrons. The Labute approximate surface area is 212 Å². The van der Waals surface area contributed by atoms with Gasteiger partial charge in [-0.25, -0.2) is 9.59 Å². The maximum absolute atomic E-state index is 11.1. The molecule has 0 heterocycles. The molecule has 4 rings (SSSR count). The van der Waals surface area contributed by atoms with Crippen LogP contribution in [0.1, 0.15) is 49.1 Å². The van der Waals surface area contributed by atoms with Gasteiger partial charge >= 0.3 is 11.9 Å². The summed E-state index contributed by atoms with van der Waals surface area (Å²) >= 11 is 0. The van der Waals surface area contributed by atoms with E-state index in [-0.39, 0.29) is 18.6 Å². The maximum atomic E-state index is 11.1. The molecule has 0 saturated heterocycles. The second-order valence-electron chi connectivity index (χ2n) is 9.56. The number of hydrogen-bond acceptors (Lipinski definition) is 6. The normalized spacial score (nSPS) is 22.3. The summed E-state index contributed by atoms with van der Waals surface area (Å²) in [4.78, 5) is 22.2. The van der Waals surface area contributed by atoms with Crippen molar-refractivity contribution in [1.29, 1.82) is 0 Å². The monoisotopic (exact) mass is 490 g/mol. The van der Waals surface area contributed by atoms with Crippen LogP contribution in [0.25, 0.3) is 0 Å². The topological polar surface area (TPSA) is 71.1 Å². The van der Waals surface area contributed by atoms with E-state index in [4.69, 9.17) is 18.9 Å². The summed E-state index contributed by atoms with van der Waals surface area (Å²) in [7, 11) is 0. The Hall–Kier alpha value is -3.54. The largest absolute Gasteiger partial charge is 0.490 e. The molecular weight excluding hydrogens is 456 g/mol. The molecule has 0 aliphatic heterocycles. The molecule has 2 bridgehead atoms. The highest BCUT2D eigenvalue weighted by molar-refractivity contribution is 5.81. The average Bonchev–Trinajstić information content (AvgIpc) is 3.23. The number of ether oxygens (including phenoxy) is 4. The van der Waals surface area contributed by atoms with Gasteiger partial charge in [0.15, 0.2) is 0 Å². The lowest BCUT2D eigenvalue weighted by molar-refractivity contribution is -0.139. The van der Waals surface area contributed by atoms with Gasteiger partial charge in [0, 0.05) is 12.2 Å². The Morgan fingerprint density at radius 3 is 1.92 bits per heavy atom. The van der Waals surface area contributed by atoms with E-state index in [1.54, 1.807) is 0 Å². The van der Waals surface area contributed by atoms with E-state index in [2.05, 4.69) is 37.4 Å². The van der Waals surface area contributed by atoms with E-state index in [0.29, 0.717) is 19.1 Å². The van der Waals surface area contributed by atoms with E-state index >= 15 is 0 Å². The van der Waals surface area contributed by atoms with Crippen LogP contribution in [-0.2, 0) is 24.5 Å². The summed E-state index contributed by atoms with van der Waals surface area (Å²) < 4.78 is 21.3. The van der Waals surface area contributed by atoms with Crippen LogP contribution in [0, 0.1) is 5.92 Å². The molecule has 2 fully saturated rings. The predicted octanol–water partition coefficient (Wildman–Crippen LogP) is 5.52. The van der Waals surface area contributed by atoms with Gasteiger partial charge in [0.2, 0.25) is 0 Å². The molecule has 36 heavy (non-hydrogen) atoms. The van der Waals surface area contributed by atoms with Gasteiger partial charge in [-0.2, -0.15) is 0 Å². The number of esters is 2. The Morgan fingerprint density at radius 2 is 1.36 bits per heavy atom. The summed E-state index contributed by atoms with van der Waals surface area (Å²) in [5, 5.41) is 0. The molecule has 2 aliphatic rings. The average molecular weight is 491 g/mol. The van der Waals surface area contributed by atoms with Crippen LogP contribution in [0.15, 0.2) is 73.8 Å². The van der Waals surface area contributed by atoms with Gasteiger partial charge < -0.3 is 18.9 Å². The Bertz CT molecular complexity index is 1060. The zero-order chi connectivity index (χ0) is 25.4. The van der Waals surface area contributed by atoms with Crippen LogP contribution < -0.4 is 9.47 Å². The molecule has 2 aliphatic carbocycles. The third kappa shape index (κ3) is 6.36. The van der Waals surface area contributed by atoms with Crippen LogP contribution in [0.5, 0.6) is 11.5 Å². The minimum absolute atomic E-state index is 0.200. The minimum Gasteiger partial charge on any atom is -0.490 e. The lowest BCUT2D eigenvalue weighted by atomic mass is 9.65. The molecule has 6 nitrogen and oxygen atoms in total. The van der Waals surface area contributed by atoms with E-state index in [0.717, 1.165) is 36.0 Å². The summed E-state index contributed by atoms with van der Waals surface area (Å²) in [6.45, 7) is 7.79. The van der Waals surface area contributed by atoms with Crippen LogP contribution in [0.4, 0.5) is 0 Å². The Kier molecular flexibility index (Phi) is 8.47. The summed E-state index contributed by atoms with van der Waals surface area (Å²) in [5.41, 5.74) is 2.94. The van der Waals surface area contributed by atoms with E-state index in [1.807, 2.05) is 24.3 Å². The zero-order valence-corrected chi connectivity index (χ0v) is 20.7. The van der Waals surface area contributed by atoms with Gasteiger partial charge in [-0.15, -0.1) is 0 Å². The van der Waals surface area contributed by atoms with E-state index in [9.17, 15) is 9.59 Å². The van der Waals surface area contributed by atoms with Crippen LogP contribution >= 0.6 is 0 Å². The molecule has 0 aromatic heterocycles. The van der Waals surface area contributed by atoms with Gasteiger partial charge in [-0.05, 0) is 84.7 Å². The van der Waals surface area contributed by atoms with Gasteiger partial charge in [0.25, 0.3) is 0 Å². The Morgan fingerprint density at radius 1 is 0.806 bits per heavy atom. The molecule has 2 aromatic rings. The smallest absolute Gasteiger partial charge is 0.330 e. The minimum atomic E-state index is -0.441. The first kappa shape index (κ1) is 25.5. The predicted molar refractivity (Wildman–Crippen MR) is 137 cm³/mol. The van der Waals surface area contributed by atoms with Crippen molar-refractivity contribution in [2.75, 3.05) is 26.4 Å². The first-order chi connectivity index (χ1) is 17.5. The summed E-state index contributed by atoms with van der Waals surface area (Å²) in [6.07, 6.45) is 8.39. The highest BCUT2D eigenvalue weighted by Crippen LogP contribution is 2.57. The van der Waals surface area contributed by atoms with Gasteiger partial charge in [0.05, 0.1) is 0 Å². The van der Waals surface area contributed by atoms with E-state index < -0.39 is 11.9 Å². The molecule has 2 saturated carbocycles. The van der Waals surface area contributed by atoms with Crippen molar-refractivity contribution >= 4 is 11.9 Å². The Balaban J connectivity index is 1.33. The summed E-state index contributed by atoms with van der Waals surface area (Å²) in [6, 6.07) is 16.8. The number of rotatable bonds is 12. The van der Waals surface area contributed by atoms with E-state index in [1.165, 1.54) is 36.8 Å². The first-order valence-corrected chi connectivity index (χ1v) is 12.6. The SMILES string of the molecule is C=CC(=O)OCCOc1ccc(C2CC3CCC(c4ccc(OCCOC(=O)C=C)cc4)(C3)C2)cc1. The van der Waals surface area contributed by atoms with Crippen molar-refractivity contribution in [2.45, 2.75) is 43.4 Å². The number of carbonyl (C=O) groups is 2. The molecule has 190 valence electrons. The third-order valence-electron chi connectivity index (χ3n) is 7.31. The standard InChI is InChI=1S/C30H34O6/c1-3-28(31)35-17-15-33-26-9-5-23(6-10-26)24-19-22-13-14-30(20-22,21-24)25-7-11-27(12-8-25)34-16-18-36-29(32)4-2/h3-12,22,24H,1-2,13-21H2. The van der Waals surface area contributed by atoms with Crippen LogP contribution in [-0.4, -0.2) is 38.4 Å². The van der Waals surface area contributed by atoms with Crippen molar-refractivity contribution < 1.29 is 28.5 Å². The second-order valence-corrected chi connectivity index (χ2v) is 9.56. The molecule has 6 heteroatoms. The maximum Gasteiger partial charge on any atom is 0.330 e. The lowest BCUT2D eigenvalue weighted by Gasteiger charge is -2.39. The number of carbonyl (C=O) groups excluding carboxylic acids is 2. The molecule has 2 aromatic carbocycles. The molecule has 0 spiro atoms. The fourth-order valence-electron chi connectivity index (χ4n) is 5.68. The van der Waals surface area contributed by atoms with Crippen molar-refractivity contribution in [3.63, 3.8) is 0 Å².